The monoisotopic (exact) mass is 575 g/mol. The van der Waals surface area contributed by atoms with Crippen molar-refractivity contribution < 1.29 is 0 Å². The minimum absolute atomic E-state index is 0.618. The summed E-state index contributed by atoms with van der Waals surface area (Å²) in [5.41, 5.74) is 8.57. The molecule has 0 radical (unpaired) electrons. The molecule has 2 heterocycles. The highest BCUT2D eigenvalue weighted by Gasteiger charge is 2.17. The van der Waals surface area contributed by atoms with Crippen molar-refractivity contribution in [2.24, 2.45) is 0 Å². The zero-order chi connectivity index (χ0) is 30.2. The summed E-state index contributed by atoms with van der Waals surface area (Å²) in [7, 11) is 0. The fourth-order valence-electron chi connectivity index (χ4n) is 5.94. The van der Waals surface area contributed by atoms with E-state index >= 15 is 0 Å². The van der Waals surface area contributed by atoms with Crippen LogP contribution in [0.4, 0.5) is 5.69 Å². The highest BCUT2D eigenvalue weighted by atomic mass is 15.0. The number of hydrogen-bond donors (Lipinski definition) is 0. The van der Waals surface area contributed by atoms with Crippen molar-refractivity contribution in [1.82, 2.24) is 19.5 Å². The van der Waals surface area contributed by atoms with Crippen molar-refractivity contribution in [3.05, 3.63) is 163 Å². The Morgan fingerprint density at radius 1 is 0.444 bits per heavy atom. The molecule has 0 spiro atoms. The van der Waals surface area contributed by atoms with Crippen molar-refractivity contribution >= 4 is 27.5 Å². The average molecular weight is 576 g/mol. The summed E-state index contributed by atoms with van der Waals surface area (Å²) < 4.78 is 2.29. The molecule has 5 heteroatoms. The summed E-state index contributed by atoms with van der Waals surface area (Å²) in [5, 5.41) is 2.21. The highest BCUT2D eigenvalue weighted by molar-refractivity contribution is 6.11. The third-order valence-electron chi connectivity index (χ3n) is 8.07. The van der Waals surface area contributed by atoms with Crippen molar-refractivity contribution in [3.8, 4) is 51.0 Å². The van der Waals surface area contributed by atoms with Gasteiger partial charge in [0.05, 0.1) is 17.6 Å². The van der Waals surface area contributed by atoms with Crippen LogP contribution < -0.4 is 0 Å². The second kappa shape index (κ2) is 11.0. The summed E-state index contributed by atoms with van der Waals surface area (Å²) in [6.45, 7) is 7.71. The molecule has 0 amide bonds. The molecule has 0 bridgehead atoms. The Labute approximate surface area is 260 Å². The standard InChI is InChI=1S/C40H25N5/c1-41-35-20-12-11-19-32(35)29-21-23-33-34-25-30(22-24-36(34)45(37(33)26-29)31-17-9-4-10-18-31)40-43-38(27-13-5-2-6-14-27)42-39(44-40)28-15-7-3-8-16-28/h2-26H. The van der Waals surface area contributed by atoms with Gasteiger partial charge in [0, 0.05) is 33.2 Å². The summed E-state index contributed by atoms with van der Waals surface area (Å²) in [6.07, 6.45) is 0. The molecule has 45 heavy (non-hydrogen) atoms. The Hall–Kier alpha value is -6.38. The molecule has 2 aromatic heterocycles. The SMILES string of the molecule is [C-]#[N+]c1ccccc1-c1ccc2c3cc(-c4nc(-c5ccccc5)nc(-c5ccccc5)n4)ccc3n(-c3ccccc3)c2c1. The predicted octanol–water partition coefficient (Wildman–Crippen LogP) is 10.2. The van der Waals surface area contributed by atoms with Gasteiger partial charge in [-0.3, -0.25) is 0 Å². The molecule has 8 aromatic rings. The number of aromatic nitrogens is 4. The van der Waals surface area contributed by atoms with E-state index in [1.807, 2.05) is 91.0 Å². The first-order chi connectivity index (χ1) is 22.3. The van der Waals surface area contributed by atoms with Crippen LogP contribution in [-0.2, 0) is 0 Å². The first-order valence-corrected chi connectivity index (χ1v) is 14.7. The molecule has 0 N–H and O–H groups in total. The van der Waals surface area contributed by atoms with E-state index < -0.39 is 0 Å². The maximum absolute atomic E-state index is 7.71. The van der Waals surface area contributed by atoms with Crippen LogP contribution in [0.15, 0.2) is 152 Å². The van der Waals surface area contributed by atoms with E-state index in [2.05, 4.69) is 70.1 Å². The van der Waals surface area contributed by atoms with Gasteiger partial charge in [-0.25, -0.2) is 19.8 Å². The van der Waals surface area contributed by atoms with Gasteiger partial charge in [0.1, 0.15) is 0 Å². The van der Waals surface area contributed by atoms with Crippen LogP contribution in [0.3, 0.4) is 0 Å². The number of fused-ring (bicyclic) bond motifs is 3. The second-order valence-electron chi connectivity index (χ2n) is 10.8. The molecular weight excluding hydrogens is 550 g/mol. The van der Waals surface area contributed by atoms with Gasteiger partial charge in [-0.1, -0.05) is 115 Å². The topological polar surface area (TPSA) is 48.0 Å². The van der Waals surface area contributed by atoms with Crippen molar-refractivity contribution in [1.29, 1.82) is 0 Å². The van der Waals surface area contributed by atoms with E-state index in [0.717, 1.165) is 55.3 Å². The first kappa shape index (κ1) is 26.3. The van der Waals surface area contributed by atoms with Gasteiger partial charge in [0.2, 0.25) is 0 Å². The van der Waals surface area contributed by atoms with Crippen LogP contribution in [0.2, 0.25) is 0 Å². The van der Waals surface area contributed by atoms with Crippen LogP contribution in [-0.4, -0.2) is 19.5 Å². The number of rotatable bonds is 5. The van der Waals surface area contributed by atoms with Gasteiger partial charge in [-0.2, -0.15) is 0 Å². The van der Waals surface area contributed by atoms with E-state index in [-0.39, 0.29) is 0 Å². The van der Waals surface area contributed by atoms with Crippen LogP contribution >= 0.6 is 0 Å². The third kappa shape index (κ3) is 4.71. The lowest BCUT2D eigenvalue weighted by Gasteiger charge is -2.10. The maximum Gasteiger partial charge on any atom is 0.194 e. The third-order valence-corrected chi connectivity index (χ3v) is 8.07. The number of hydrogen-bond acceptors (Lipinski definition) is 3. The zero-order valence-electron chi connectivity index (χ0n) is 24.2. The van der Waals surface area contributed by atoms with Crippen LogP contribution in [0.25, 0.3) is 77.6 Å². The van der Waals surface area contributed by atoms with Gasteiger partial charge in [-0.05, 0) is 47.5 Å². The summed E-state index contributed by atoms with van der Waals surface area (Å²) in [4.78, 5) is 18.6. The van der Waals surface area contributed by atoms with Gasteiger partial charge in [0.15, 0.2) is 23.2 Å². The minimum atomic E-state index is 0.618. The summed E-state index contributed by atoms with van der Waals surface area (Å²) in [5.74, 6) is 1.89. The molecule has 0 unspecified atom stereocenters. The summed E-state index contributed by atoms with van der Waals surface area (Å²) >= 11 is 0. The highest BCUT2D eigenvalue weighted by Crippen LogP contribution is 2.38. The van der Waals surface area contributed by atoms with E-state index in [9.17, 15) is 0 Å². The molecule has 0 fully saturated rings. The molecule has 0 aliphatic rings. The minimum Gasteiger partial charge on any atom is -0.309 e. The van der Waals surface area contributed by atoms with Crippen LogP contribution in [0, 0.1) is 6.57 Å². The molecule has 8 rings (SSSR count). The smallest absolute Gasteiger partial charge is 0.194 e. The van der Waals surface area contributed by atoms with E-state index in [1.54, 1.807) is 0 Å². The van der Waals surface area contributed by atoms with E-state index in [4.69, 9.17) is 21.5 Å². The molecule has 0 saturated heterocycles. The fourth-order valence-corrected chi connectivity index (χ4v) is 5.94. The maximum atomic E-state index is 7.71. The molecular formula is C40H25N5. The zero-order valence-corrected chi connectivity index (χ0v) is 24.2. The molecule has 0 aliphatic carbocycles. The lowest BCUT2D eigenvalue weighted by molar-refractivity contribution is 1.07. The van der Waals surface area contributed by atoms with Gasteiger partial charge >= 0.3 is 0 Å². The Balaban J connectivity index is 1.36. The van der Waals surface area contributed by atoms with Crippen molar-refractivity contribution in [2.45, 2.75) is 0 Å². The van der Waals surface area contributed by atoms with Gasteiger partial charge in [-0.15, -0.1) is 0 Å². The lowest BCUT2D eigenvalue weighted by Crippen LogP contribution is -2.00. The number of nitrogens with zero attached hydrogens (tertiary/aromatic N) is 5. The number of para-hydroxylation sites is 2. The Morgan fingerprint density at radius 3 is 1.64 bits per heavy atom. The molecule has 6 aromatic carbocycles. The van der Waals surface area contributed by atoms with Crippen molar-refractivity contribution in [2.75, 3.05) is 0 Å². The van der Waals surface area contributed by atoms with Crippen LogP contribution in [0.5, 0.6) is 0 Å². The fraction of sp³-hybridized carbons (Fsp3) is 0. The van der Waals surface area contributed by atoms with E-state index in [0.29, 0.717) is 23.2 Å². The predicted molar refractivity (Wildman–Crippen MR) is 182 cm³/mol. The average Bonchev–Trinajstić information content (AvgIpc) is 3.45. The van der Waals surface area contributed by atoms with E-state index in [1.165, 1.54) is 0 Å². The van der Waals surface area contributed by atoms with Gasteiger partial charge in [0.25, 0.3) is 0 Å². The normalized spacial score (nSPS) is 11.1. The van der Waals surface area contributed by atoms with Crippen molar-refractivity contribution in [3.63, 3.8) is 0 Å². The summed E-state index contributed by atoms with van der Waals surface area (Å²) in [6, 6.07) is 51.1. The lowest BCUT2D eigenvalue weighted by atomic mass is 10.0. The Kier molecular flexibility index (Phi) is 6.44. The molecule has 0 atom stereocenters. The second-order valence-corrected chi connectivity index (χ2v) is 10.8. The largest absolute Gasteiger partial charge is 0.309 e. The van der Waals surface area contributed by atoms with Crippen LogP contribution in [0.1, 0.15) is 0 Å². The molecule has 0 aliphatic heterocycles. The quantitative estimate of drug-likeness (QED) is 0.192. The Bertz CT molecular complexity index is 2310. The number of benzene rings is 6. The first-order valence-electron chi connectivity index (χ1n) is 14.7. The van der Waals surface area contributed by atoms with Gasteiger partial charge < -0.3 is 4.57 Å². The molecule has 5 nitrogen and oxygen atoms in total. The Morgan fingerprint density at radius 2 is 1.00 bits per heavy atom. The molecule has 0 saturated carbocycles. The molecule has 210 valence electrons.